The summed E-state index contributed by atoms with van der Waals surface area (Å²) < 4.78 is 20.6. The minimum Gasteiger partial charge on any atom is -0.493 e. The van der Waals surface area contributed by atoms with Gasteiger partial charge in [-0.05, 0) is 67.6 Å². The molecule has 1 unspecified atom stereocenters. The Labute approximate surface area is 225 Å². The molecule has 0 spiro atoms. The van der Waals surface area contributed by atoms with Gasteiger partial charge < -0.3 is 14.2 Å². The van der Waals surface area contributed by atoms with E-state index >= 15 is 0 Å². The Morgan fingerprint density at radius 3 is 2.69 bits per heavy atom. The Morgan fingerprint density at radius 1 is 0.897 bits per heavy atom. The van der Waals surface area contributed by atoms with Gasteiger partial charge in [0.1, 0.15) is 41.3 Å². The highest BCUT2D eigenvalue weighted by molar-refractivity contribution is 5.78. The van der Waals surface area contributed by atoms with Gasteiger partial charge in [0.2, 0.25) is 0 Å². The second kappa shape index (κ2) is 9.76. The van der Waals surface area contributed by atoms with Gasteiger partial charge >= 0.3 is 0 Å². The number of para-hydroxylation sites is 1. The normalized spacial score (nSPS) is 14.6. The second-order valence-corrected chi connectivity index (χ2v) is 9.58. The Kier molecular flexibility index (Phi) is 5.81. The number of hydrogen-bond acceptors (Lipinski definition) is 6. The standard InChI is InChI=1S/C32H26N4O3/c1-21-34-29-19-33-16-14-30(29)36(21)24-8-10-25(11-9-24)39-32-15-17-37-31-13-12-26(18-27(31)32)38-20-23-7-6-22-4-2-3-5-28(22)35-23/h2-14,16,18-19,32H,15,17,20H2,1H3. The van der Waals surface area contributed by atoms with E-state index in [0.717, 1.165) is 68.4 Å². The third-order valence-corrected chi connectivity index (χ3v) is 7.01. The molecule has 6 aromatic rings. The lowest BCUT2D eigenvalue weighted by Crippen LogP contribution is -2.18. The molecule has 7 heteroatoms. The van der Waals surface area contributed by atoms with Gasteiger partial charge in [-0.3, -0.25) is 9.55 Å². The first kappa shape index (κ1) is 23.2. The number of hydrogen-bond donors (Lipinski definition) is 0. The molecule has 0 saturated heterocycles. The molecule has 4 heterocycles. The van der Waals surface area contributed by atoms with E-state index in [-0.39, 0.29) is 6.10 Å². The predicted octanol–water partition coefficient (Wildman–Crippen LogP) is 6.76. The summed E-state index contributed by atoms with van der Waals surface area (Å²) in [5.74, 6) is 3.30. The lowest BCUT2D eigenvalue weighted by molar-refractivity contribution is 0.135. The average Bonchev–Trinajstić information content (AvgIpc) is 3.32. The molecule has 1 atom stereocenters. The van der Waals surface area contributed by atoms with Crippen LogP contribution in [0.4, 0.5) is 0 Å². The zero-order chi connectivity index (χ0) is 26.2. The number of fused-ring (bicyclic) bond motifs is 3. The SMILES string of the molecule is Cc1nc2cnccc2n1-c1ccc(OC2CCOc3ccc(OCc4ccc5ccccc5n4)cc32)cc1. The van der Waals surface area contributed by atoms with E-state index in [1.54, 1.807) is 12.4 Å². The largest absolute Gasteiger partial charge is 0.493 e. The Balaban J connectivity index is 1.09. The van der Waals surface area contributed by atoms with Crippen LogP contribution in [0.2, 0.25) is 0 Å². The van der Waals surface area contributed by atoms with E-state index in [1.165, 1.54) is 0 Å². The Morgan fingerprint density at radius 2 is 1.77 bits per heavy atom. The molecule has 3 aromatic heterocycles. The van der Waals surface area contributed by atoms with Crippen LogP contribution < -0.4 is 14.2 Å². The minimum absolute atomic E-state index is 0.135. The van der Waals surface area contributed by atoms with Crippen molar-refractivity contribution < 1.29 is 14.2 Å². The average molecular weight is 515 g/mol. The number of pyridine rings is 2. The van der Waals surface area contributed by atoms with Crippen LogP contribution in [0.3, 0.4) is 0 Å². The van der Waals surface area contributed by atoms with E-state index in [1.807, 2.05) is 67.6 Å². The van der Waals surface area contributed by atoms with E-state index in [4.69, 9.17) is 19.2 Å². The van der Waals surface area contributed by atoms with Crippen LogP contribution in [0.5, 0.6) is 17.2 Å². The van der Waals surface area contributed by atoms with Crippen LogP contribution in [0.25, 0.3) is 27.6 Å². The highest BCUT2D eigenvalue weighted by Crippen LogP contribution is 2.38. The number of imidazole rings is 1. The molecule has 1 aliphatic heterocycles. The number of nitrogens with zero attached hydrogens (tertiary/aromatic N) is 4. The topological polar surface area (TPSA) is 71.3 Å². The molecule has 3 aromatic carbocycles. The quantitative estimate of drug-likeness (QED) is 0.245. The summed E-state index contributed by atoms with van der Waals surface area (Å²) in [5, 5.41) is 1.12. The molecule has 0 saturated carbocycles. The predicted molar refractivity (Wildman–Crippen MR) is 150 cm³/mol. The molecule has 7 nitrogen and oxygen atoms in total. The highest BCUT2D eigenvalue weighted by atomic mass is 16.5. The summed E-state index contributed by atoms with van der Waals surface area (Å²) >= 11 is 0. The molecule has 0 amide bonds. The second-order valence-electron chi connectivity index (χ2n) is 9.58. The maximum Gasteiger partial charge on any atom is 0.131 e. The third kappa shape index (κ3) is 4.52. The molecule has 0 radical (unpaired) electrons. The van der Waals surface area contributed by atoms with Crippen LogP contribution in [-0.2, 0) is 6.61 Å². The maximum absolute atomic E-state index is 6.46. The summed E-state index contributed by atoms with van der Waals surface area (Å²) in [7, 11) is 0. The molecular formula is C32H26N4O3. The van der Waals surface area contributed by atoms with Gasteiger partial charge in [0.05, 0.1) is 29.5 Å². The highest BCUT2D eigenvalue weighted by Gasteiger charge is 2.24. The fourth-order valence-corrected chi connectivity index (χ4v) is 5.12. The smallest absolute Gasteiger partial charge is 0.131 e. The Bertz CT molecular complexity index is 1800. The third-order valence-electron chi connectivity index (χ3n) is 7.01. The molecule has 192 valence electrons. The van der Waals surface area contributed by atoms with Crippen LogP contribution in [0.1, 0.15) is 29.6 Å². The summed E-state index contributed by atoms with van der Waals surface area (Å²) in [6, 6.07) is 28.2. The number of aryl methyl sites for hydroxylation is 1. The number of ether oxygens (including phenoxy) is 3. The number of aromatic nitrogens is 4. The van der Waals surface area contributed by atoms with Crippen molar-refractivity contribution >= 4 is 21.9 Å². The Hall–Kier alpha value is -4.91. The van der Waals surface area contributed by atoms with Crippen molar-refractivity contribution in [1.82, 2.24) is 19.5 Å². The molecule has 39 heavy (non-hydrogen) atoms. The first-order valence-electron chi connectivity index (χ1n) is 13.0. The zero-order valence-corrected chi connectivity index (χ0v) is 21.4. The molecular weight excluding hydrogens is 488 g/mol. The van der Waals surface area contributed by atoms with Gasteiger partial charge in [0.25, 0.3) is 0 Å². The molecule has 0 fully saturated rings. The van der Waals surface area contributed by atoms with E-state index in [0.29, 0.717) is 13.2 Å². The fraction of sp³-hybridized carbons (Fsp3) is 0.156. The van der Waals surface area contributed by atoms with Crippen molar-refractivity contribution in [3.63, 3.8) is 0 Å². The first-order valence-corrected chi connectivity index (χ1v) is 13.0. The monoisotopic (exact) mass is 514 g/mol. The van der Waals surface area contributed by atoms with Gasteiger partial charge in [-0.25, -0.2) is 9.97 Å². The van der Waals surface area contributed by atoms with Gasteiger partial charge in [0.15, 0.2) is 0 Å². The van der Waals surface area contributed by atoms with Crippen molar-refractivity contribution in [3.8, 4) is 22.9 Å². The summed E-state index contributed by atoms with van der Waals surface area (Å²) in [6.45, 7) is 2.99. The van der Waals surface area contributed by atoms with Gasteiger partial charge in [0, 0.05) is 29.3 Å². The minimum atomic E-state index is -0.135. The molecule has 0 bridgehead atoms. The summed E-state index contributed by atoms with van der Waals surface area (Å²) in [5.41, 5.74) is 5.76. The van der Waals surface area contributed by atoms with Crippen LogP contribution >= 0.6 is 0 Å². The van der Waals surface area contributed by atoms with E-state index < -0.39 is 0 Å². The molecule has 1 aliphatic rings. The summed E-state index contributed by atoms with van der Waals surface area (Å²) in [6.07, 6.45) is 4.19. The van der Waals surface area contributed by atoms with E-state index in [2.05, 4.69) is 38.8 Å². The lowest BCUT2D eigenvalue weighted by atomic mass is 10.0. The maximum atomic E-state index is 6.46. The van der Waals surface area contributed by atoms with Gasteiger partial charge in [-0.15, -0.1) is 0 Å². The van der Waals surface area contributed by atoms with Crippen LogP contribution in [0.15, 0.2) is 97.3 Å². The van der Waals surface area contributed by atoms with Gasteiger partial charge in [-0.1, -0.05) is 24.3 Å². The zero-order valence-electron chi connectivity index (χ0n) is 21.4. The number of rotatable bonds is 6. The van der Waals surface area contributed by atoms with Crippen molar-refractivity contribution in [3.05, 3.63) is 114 Å². The van der Waals surface area contributed by atoms with Crippen molar-refractivity contribution in [2.45, 2.75) is 26.1 Å². The van der Waals surface area contributed by atoms with Crippen LogP contribution in [-0.4, -0.2) is 26.1 Å². The van der Waals surface area contributed by atoms with Crippen molar-refractivity contribution in [2.75, 3.05) is 6.61 Å². The van der Waals surface area contributed by atoms with Crippen molar-refractivity contribution in [1.29, 1.82) is 0 Å². The molecule has 7 rings (SSSR count). The van der Waals surface area contributed by atoms with Crippen LogP contribution in [0, 0.1) is 6.92 Å². The van der Waals surface area contributed by atoms with Gasteiger partial charge in [-0.2, -0.15) is 0 Å². The first-order chi connectivity index (χ1) is 19.2. The fourth-order valence-electron chi connectivity index (χ4n) is 5.12. The number of benzene rings is 3. The molecule has 0 aliphatic carbocycles. The molecule has 0 N–H and O–H groups in total. The summed E-state index contributed by atoms with van der Waals surface area (Å²) in [4.78, 5) is 13.5. The van der Waals surface area contributed by atoms with E-state index in [9.17, 15) is 0 Å². The lowest BCUT2D eigenvalue weighted by Gasteiger charge is -2.27. The van der Waals surface area contributed by atoms with Crippen molar-refractivity contribution in [2.24, 2.45) is 0 Å².